The van der Waals surface area contributed by atoms with E-state index in [1.165, 1.54) is 173 Å². The van der Waals surface area contributed by atoms with Crippen LogP contribution in [-0.4, -0.2) is 74.9 Å². The number of rotatable bonds is 45. The third kappa shape index (κ3) is 44.4. The summed E-state index contributed by atoms with van der Waals surface area (Å²) >= 11 is 0. The van der Waals surface area contributed by atoms with E-state index in [0.29, 0.717) is 17.4 Å². The lowest BCUT2D eigenvalue weighted by Crippen LogP contribution is -2.37. The lowest BCUT2D eigenvalue weighted by atomic mass is 10.0. The molecule has 0 aromatic heterocycles. The van der Waals surface area contributed by atoms with Crippen molar-refractivity contribution in [1.29, 1.82) is 0 Å². The minimum atomic E-state index is -4.37. The molecule has 0 bridgehead atoms. The Bertz CT molecular complexity index is 943. The van der Waals surface area contributed by atoms with Crippen LogP contribution in [0.4, 0.5) is 0 Å². The number of phosphoric acid groups is 1. The van der Waals surface area contributed by atoms with Crippen molar-refractivity contribution in [1.82, 2.24) is 0 Å². The molecule has 340 valence electrons. The molecule has 0 radical (unpaired) electrons. The average Bonchev–Trinajstić information content (AvgIpc) is 3.16. The molecule has 1 N–H and O–H groups in total. The van der Waals surface area contributed by atoms with E-state index in [0.717, 1.165) is 38.5 Å². The van der Waals surface area contributed by atoms with Crippen LogP contribution in [0, 0.1) is 0 Å². The Hall–Kier alpha value is -0.990. The van der Waals surface area contributed by atoms with E-state index in [4.69, 9.17) is 18.5 Å². The van der Waals surface area contributed by atoms with Gasteiger partial charge in [0, 0.05) is 12.8 Å². The zero-order chi connectivity index (χ0) is 42.1. The van der Waals surface area contributed by atoms with E-state index in [1.807, 2.05) is 21.1 Å². The van der Waals surface area contributed by atoms with Crippen molar-refractivity contribution < 1.29 is 42.1 Å². The van der Waals surface area contributed by atoms with Gasteiger partial charge in [-0.15, -0.1) is 0 Å². The number of carbonyl (C=O) groups excluding carboxylic acids is 2. The molecule has 0 aromatic carbocycles. The van der Waals surface area contributed by atoms with Crippen LogP contribution < -0.4 is 0 Å². The zero-order valence-corrected chi connectivity index (χ0v) is 39.2. The Labute approximate surface area is 353 Å². The van der Waals surface area contributed by atoms with Crippen molar-refractivity contribution in [2.75, 3.05) is 47.5 Å². The second kappa shape index (κ2) is 40.4. The maximum absolute atomic E-state index is 12.7. The summed E-state index contributed by atoms with van der Waals surface area (Å²) in [7, 11) is 1.50. The summed E-state index contributed by atoms with van der Waals surface area (Å²) in [5.41, 5.74) is 0. The number of hydrogen-bond acceptors (Lipinski definition) is 7. The monoisotopic (exact) mass is 833 g/mol. The van der Waals surface area contributed by atoms with Gasteiger partial charge in [0.25, 0.3) is 0 Å². The van der Waals surface area contributed by atoms with Crippen LogP contribution in [0.5, 0.6) is 0 Å². The van der Waals surface area contributed by atoms with E-state index < -0.39 is 26.5 Å². The maximum atomic E-state index is 12.7. The zero-order valence-electron chi connectivity index (χ0n) is 38.4. The molecule has 0 aliphatic carbocycles. The summed E-state index contributed by atoms with van der Waals surface area (Å²) in [4.78, 5) is 35.5. The lowest BCUT2D eigenvalue weighted by molar-refractivity contribution is -0.870. The molecule has 0 aliphatic rings. The highest BCUT2D eigenvalue weighted by Gasteiger charge is 2.27. The quantitative estimate of drug-likeness (QED) is 0.0280. The fraction of sp³-hybridized carbons (Fsp3) is 0.957. The van der Waals surface area contributed by atoms with Crippen LogP contribution in [0.2, 0.25) is 0 Å². The third-order valence-corrected chi connectivity index (χ3v) is 11.9. The molecule has 0 fully saturated rings. The molecule has 0 heterocycles. The number of quaternary nitrogens is 1. The summed E-state index contributed by atoms with van der Waals surface area (Å²) < 4.78 is 34.4. The Balaban J connectivity index is 4.25. The molecule has 10 heteroatoms. The molecule has 2 unspecified atom stereocenters. The van der Waals surface area contributed by atoms with E-state index in [1.54, 1.807) is 0 Å². The van der Waals surface area contributed by atoms with Crippen LogP contribution in [0.15, 0.2) is 0 Å². The topological polar surface area (TPSA) is 108 Å². The smallest absolute Gasteiger partial charge is 0.462 e. The number of nitrogens with zero attached hydrogens (tertiary/aromatic N) is 1. The number of carbonyl (C=O) groups is 2. The molecule has 57 heavy (non-hydrogen) atoms. The number of phosphoric ester groups is 1. The van der Waals surface area contributed by atoms with Gasteiger partial charge >= 0.3 is 19.8 Å². The van der Waals surface area contributed by atoms with Gasteiger partial charge in [0.1, 0.15) is 19.8 Å². The minimum absolute atomic E-state index is 0.0370. The van der Waals surface area contributed by atoms with Gasteiger partial charge in [0.15, 0.2) is 6.10 Å². The number of unbranched alkanes of at least 4 members (excludes halogenated alkanes) is 31. The standard InChI is InChI=1S/C47H94NO8P/c1-6-8-10-12-14-16-18-20-22-24-26-28-30-32-34-36-38-40-47(50)56-45(44-55-57(51,52)54-42-41-48(3,4)5)43-53-46(49)39-37-35-33-31-29-27-25-23-21-19-17-15-13-11-9-7-2/h45H,6-44H2,1-5H3/p+1. The summed E-state index contributed by atoms with van der Waals surface area (Å²) in [5.74, 6) is -0.780. The first-order valence-corrected chi connectivity index (χ1v) is 25.8. The normalized spacial score (nSPS) is 13.4. The van der Waals surface area contributed by atoms with Gasteiger partial charge in [-0.25, -0.2) is 4.57 Å². The van der Waals surface area contributed by atoms with E-state index >= 15 is 0 Å². The largest absolute Gasteiger partial charge is 0.472 e. The molecule has 0 saturated carbocycles. The van der Waals surface area contributed by atoms with Crippen molar-refractivity contribution in [3.8, 4) is 0 Å². The predicted molar refractivity (Wildman–Crippen MR) is 238 cm³/mol. The lowest BCUT2D eigenvalue weighted by Gasteiger charge is -2.24. The molecular weight excluding hydrogens is 737 g/mol. The van der Waals surface area contributed by atoms with Crippen LogP contribution in [0.25, 0.3) is 0 Å². The highest BCUT2D eigenvalue weighted by atomic mass is 31.2. The molecule has 2 atom stereocenters. The molecule has 0 aliphatic heterocycles. The summed E-state index contributed by atoms with van der Waals surface area (Å²) in [6.07, 6.45) is 41.4. The third-order valence-electron chi connectivity index (χ3n) is 10.9. The van der Waals surface area contributed by atoms with Gasteiger partial charge in [0.2, 0.25) is 0 Å². The van der Waals surface area contributed by atoms with E-state index in [9.17, 15) is 19.0 Å². The Kier molecular flexibility index (Phi) is 39.7. The molecule has 0 rings (SSSR count). The van der Waals surface area contributed by atoms with E-state index in [-0.39, 0.29) is 25.6 Å². The van der Waals surface area contributed by atoms with E-state index in [2.05, 4.69) is 13.8 Å². The Morgan fingerprint density at radius 3 is 1.12 bits per heavy atom. The Morgan fingerprint density at radius 2 is 0.789 bits per heavy atom. The summed E-state index contributed by atoms with van der Waals surface area (Å²) in [6, 6.07) is 0. The first-order chi connectivity index (χ1) is 27.5. The Morgan fingerprint density at radius 1 is 0.474 bits per heavy atom. The molecular formula is C47H95NO8P+. The summed E-state index contributed by atoms with van der Waals surface area (Å²) in [5, 5.41) is 0. The van der Waals surface area contributed by atoms with Gasteiger partial charge in [-0.1, -0.05) is 213 Å². The molecule has 0 spiro atoms. The predicted octanol–water partition coefficient (Wildman–Crippen LogP) is 14.0. The second-order valence-corrected chi connectivity index (χ2v) is 19.3. The van der Waals surface area contributed by atoms with Crippen molar-refractivity contribution >= 4 is 19.8 Å². The maximum Gasteiger partial charge on any atom is 0.472 e. The van der Waals surface area contributed by atoms with Crippen LogP contribution in [-0.2, 0) is 32.7 Å². The number of esters is 2. The molecule has 0 aromatic rings. The number of likely N-dealkylation sites (N-methyl/N-ethyl adjacent to an activating group) is 1. The minimum Gasteiger partial charge on any atom is -0.462 e. The molecule has 0 saturated heterocycles. The van der Waals surface area contributed by atoms with Gasteiger partial charge in [-0.3, -0.25) is 18.6 Å². The van der Waals surface area contributed by atoms with Crippen molar-refractivity contribution in [2.24, 2.45) is 0 Å². The number of ether oxygens (including phenoxy) is 2. The first kappa shape index (κ1) is 56.0. The second-order valence-electron chi connectivity index (χ2n) is 17.9. The molecule has 0 amide bonds. The SMILES string of the molecule is CCCCCCCCCCCCCCCCCCCC(=O)OC(COC(=O)CCCCCCCCCCCCCCCCCC)COP(=O)(O)OCC[N+](C)(C)C. The van der Waals surface area contributed by atoms with Crippen molar-refractivity contribution in [3.63, 3.8) is 0 Å². The molecule has 9 nitrogen and oxygen atoms in total. The van der Waals surface area contributed by atoms with Gasteiger partial charge in [-0.05, 0) is 12.8 Å². The summed E-state index contributed by atoms with van der Waals surface area (Å²) in [6.45, 7) is 4.48. The van der Waals surface area contributed by atoms with Gasteiger partial charge in [0.05, 0.1) is 27.7 Å². The highest BCUT2D eigenvalue weighted by molar-refractivity contribution is 7.47. The van der Waals surface area contributed by atoms with Crippen LogP contribution >= 0.6 is 7.82 Å². The first-order valence-electron chi connectivity index (χ1n) is 24.3. The van der Waals surface area contributed by atoms with Gasteiger partial charge in [-0.2, -0.15) is 0 Å². The average molecular weight is 833 g/mol. The number of hydrogen-bond donors (Lipinski definition) is 1. The van der Waals surface area contributed by atoms with Crippen LogP contribution in [0.1, 0.15) is 239 Å². The fourth-order valence-electron chi connectivity index (χ4n) is 7.08. The van der Waals surface area contributed by atoms with Crippen LogP contribution in [0.3, 0.4) is 0 Å². The van der Waals surface area contributed by atoms with Gasteiger partial charge < -0.3 is 18.9 Å². The van der Waals surface area contributed by atoms with Crippen molar-refractivity contribution in [3.05, 3.63) is 0 Å². The fourth-order valence-corrected chi connectivity index (χ4v) is 7.82. The highest BCUT2D eigenvalue weighted by Crippen LogP contribution is 2.43. The van der Waals surface area contributed by atoms with Crippen molar-refractivity contribution in [2.45, 2.75) is 245 Å².